The molecule has 0 radical (unpaired) electrons. The second-order valence-electron chi connectivity index (χ2n) is 8.87. The Morgan fingerprint density at radius 3 is 2.00 bits per heavy atom. The van der Waals surface area contributed by atoms with Crippen molar-refractivity contribution in [1.82, 2.24) is 0 Å². The first-order valence-corrected chi connectivity index (χ1v) is 13.7. The van der Waals surface area contributed by atoms with Crippen LogP contribution in [0.1, 0.15) is 48.5 Å². The van der Waals surface area contributed by atoms with Crippen LogP contribution in [0.15, 0.2) is 130 Å². The molecule has 1 unspecified atom stereocenters. The summed E-state index contributed by atoms with van der Waals surface area (Å²) >= 11 is 1.68. The number of ketones is 1. The van der Waals surface area contributed by atoms with Gasteiger partial charge in [0.1, 0.15) is 17.6 Å². The monoisotopic (exact) mass is 507 g/mol. The minimum absolute atomic E-state index is 0.0791. The highest BCUT2D eigenvalue weighted by atomic mass is 32.2. The Labute approximate surface area is 224 Å². The van der Waals surface area contributed by atoms with Crippen LogP contribution in [0.4, 0.5) is 0 Å². The lowest BCUT2D eigenvalue weighted by Gasteiger charge is -2.21. The fraction of sp³-hybridized carbons (Fsp3) is 0.212. The summed E-state index contributed by atoms with van der Waals surface area (Å²) in [5, 5.41) is 0. The second-order valence-corrected chi connectivity index (χ2v) is 10.0. The van der Waals surface area contributed by atoms with Crippen molar-refractivity contribution >= 4 is 23.3 Å². The second kappa shape index (κ2) is 14.2. The number of unbranched alkanes of at least 4 members (excludes halogenated alkanes) is 2. The van der Waals surface area contributed by atoms with Crippen LogP contribution in [-0.2, 0) is 6.54 Å². The normalized spacial score (nSPS) is 12.2. The topological polar surface area (TPSA) is 38.7 Å². The Hall–Kier alpha value is -3.63. The van der Waals surface area contributed by atoms with E-state index in [1.807, 2.05) is 103 Å². The van der Waals surface area contributed by atoms with E-state index in [9.17, 15) is 4.79 Å². The number of nitrogens with zero attached hydrogens (tertiary/aromatic N) is 1. The van der Waals surface area contributed by atoms with Crippen molar-refractivity contribution in [2.45, 2.75) is 55.0 Å². The molecule has 4 rings (SSSR count). The van der Waals surface area contributed by atoms with Crippen molar-refractivity contribution in [3.8, 4) is 5.75 Å². The highest BCUT2D eigenvalue weighted by Crippen LogP contribution is 2.28. The van der Waals surface area contributed by atoms with Crippen LogP contribution in [0, 0.1) is 0 Å². The van der Waals surface area contributed by atoms with Gasteiger partial charge in [0.2, 0.25) is 5.78 Å². The van der Waals surface area contributed by atoms with Gasteiger partial charge in [0, 0.05) is 15.4 Å². The molecule has 4 aromatic carbocycles. The third-order valence-corrected chi connectivity index (χ3v) is 7.01. The molecule has 4 heteroatoms. The average molecular weight is 508 g/mol. The summed E-state index contributed by atoms with van der Waals surface area (Å²) in [5.74, 6) is 0.670. The van der Waals surface area contributed by atoms with Crippen molar-refractivity contribution in [2.75, 3.05) is 0 Å². The third-order valence-electron chi connectivity index (χ3n) is 6.00. The maximum atomic E-state index is 13.9. The van der Waals surface area contributed by atoms with Gasteiger partial charge in [-0.1, -0.05) is 98.3 Å². The first-order valence-electron chi connectivity index (χ1n) is 12.9. The number of carbonyl (C=O) groups excluding carboxylic acids is 1. The number of benzene rings is 4. The highest BCUT2D eigenvalue weighted by Gasteiger charge is 2.26. The molecule has 0 aromatic heterocycles. The fourth-order valence-corrected chi connectivity index (χ4v) is 4.86. The van der Waals surface area contributed by atoms with Crippen LogP contribution in [0.3, 0.4) is 0 Å². The Bertz CT molecular complexity index is 1260. The lowest BCUT2D eigenvalue weighted by atomic mass is 9.98. The maximum Gasteiger partial charge on any atom is 0.210 e. The number of hydrogen-bond acceptors (Lipinski definition) is 4. The minimum Gasteiger partial charge on any atom is -0.484 e. The van der Waals surface area contributed by atoms with Crippen molar-refractivity contribution < 1.29 is 9.53 Å². The molecule has 0 N–H and O–H groups in total. The first kappa shape index (κ1) is 26.4. The molecular formula is C33H33NO2S. The van der Waals surface area contributed by atoms with Crippen LogP contribution in [-0.4, -0.2) is 17.6 Å². The smallest absolute Gasteiger partial charge is 0.210 e. The lowest BCUT2D eigenvalue weighted by molar-refractivity contribution is 0.105. The molecule has 0 bridgehead atoms. The van der Waals surface area contributed by atoms with Crippen LogP contribution < -0.4 is 4.74 Å². The van der Waals surface area contributed by atoms with Crippen LogP contribution >= 0.6 is 11.8 Å². The maximum absolute atomic E-state index is 13.9. The Kier molecular flexibility index (Phi) is 10.1. The quantitative estimate of drug-likeness (QED) is 0.103. The van der Waals surface area contributed by atoms with Gasteiger partial charge in [-0.05, 0) is 66.9 Å². The summed E-state index contributed by atoms with van der Waals surface area (Å²) in [7, 11) is 0. The average Bonchev–Trinajstić information content (AvgIpc) is 2.95. The number of hydrogen-bond donors (Lipinski definition) is 0. The van der Waals surface area contributed by atoms with Gasteiger partial charge in [-0.25, -0.2) is 0 Å². The highest BCUT2D eigenvalue weighted by molar-refractivity contribution is 7.99. The molecule has 0 heterocycles. The molecule has 188 valence electrons. The van der Waals surface area contributed by atoms with Gasteiger partial charge in [0.25, 0.3) is 0 Å². The molecular weight excluding hydrogens is 474 g/mol. The molecule has 37 heavy (non-hydrogen) atoms. The minimum atomic E-state index is -0.413. The van der Waals surface area contributed by atoms with E-state index in [2.05, 4.69) is 19.1 Å². The van der Waals surface area contributed by atoms with Gasteiger partial charge in [0.15, 0.2) is 0 Å². The van der Waals surface area contributed by atoms with E-state index in [0.717, 1.165) is 41.9 Å². The number of carbonyl (C=O) groups is 1. The van der Waals surface area contributed by atoms with Crippen LogP contribution in [0.25, 0.3) is 0 Å². The molecule has 0 saturated carbocycles. The fourth-order valence-electron chi connectivity index (χ4n) is 4.02. The zero-order valence-corrected chi connectivity index (χ0v) is 22.1. The first-order chi connectivity index (χ1) is 18.2. The molecule has 0 amide bonds. The molecule has 3 nitrogen and oxygen atoms in total. The summed E-state index contributed by atoms with van der Waals surface area (Å²) in [4.78, 5) is 21.0. The predicted molar refractivity (Wildman–Crippen MR) is 154 cm³/mol. The molecule has 0 aliphatic rings. The van der Waals surface area contributed by atoms with E-state index in [1.165, 1.54) is 4.90 Å². The Morgan fingerprint density at radius 2 is 1.35 bits per heavy atom. The molecule has 0 aliphatic carbocycles. The Balaban J connectivity index is 1.61. The molecule has 0 aliphatic heterocycles. The van der Waals surface area contributed by atoms with Crippen molar-refractivity contribution in [3.63, 3.8) is 0 Å². The zero-order valence-electron chi connectivity index (χ0n) is 21.3. The van der Waals surface area contributed by atoms with E-state index in [-0.39, 0.29) is 5.78 Å². The van der Waals surface area contributed by atoms with Gasteiger partial charge >= 0.3 is 0 Å². The molecule has 0 fully saturated rings. The third kappa shape index (κ3) is 8.19. The van der Waals surface area contributed by atoms with Crippen molar-refractivity contribution in [1.29, 1.82) is 0 Å². The van der Waals surface area contributed by atoms with Gasteiger partial charge in [-0.15, -0.1) is 0 Å². The van der Waals surface area contributed by atoms with Gasteiger partial charge < -0.3 is 4.74 Å². The summed E-state index contributed by atoms with van der Waals surface area (Å²) in [5.41, 5.74) is 2.17. The Morgan fingerprint density at radius 1 is 0.757 bits per heavy atom. The van der Waals surface area contributed by atoms with Gasteiger partial charge in [0.05, 0.1) is 6.54 Å². The zero-order chi connectivity index (χ0) is 25.7. The number of rotatable bonds is 13. The number of para-hydroxylation sites is 1. The van der Waals surface area contributed by atoms with Crippen LogP contribution in [0.2, 0.25) is 0 Å². The lowest BCUT2D eigenvalue weighted by Crippen LogP contribution is -2.34. The molecule has 4 aromatic rings. The van der Waals surface area contributed by atoms with E-state index in [4.69, 9.17) is 9.73 Å². The summed E-state index contributed by atoms with van der Waals surface area (Å²) in [6.45, 7) is 2.61. The van der Waals surface area contributed by atoms with Crippen LogP contribution in [0.5, 0.6) is 5.75 Å². The standard InChI is InChI=1S/C33H33NO2S/c1-2-3-7-20-31(36-28-16-10-5-11-17-28)32(34-25-26-14-8-4-9-15-26)33(35)27-21-23-30(24-22-27)37-29-18-12-6-13-19-29/h4-6,8-19,21-24,31H,2-3,7,20,25H2,1H3. The number of ether oxygens (including phenoxy) is 1. The summed E-state index contributed by atoms with van der Waals surface area (Å²) in [6, 6.07) is 37.8. The van der Waals surface area contributed by atoms with Gasteiger partial charge in [-0.3, -0.25) is 9.79 Å². The summed E-state index contributed by atoms with van der Waals surface area (Å²) < 4.78 is 6.40. The molecule has 0 spiro atoms. The van der Waals surface area contributed by atoms with E-state index >= 15 is 0 Å². The molecule has 0 saturated heterocycles. The van der Waals surface area contributed by atoms with Crippen molar-refractivity contribution in [3.05, 3.63) is 126 Å². The predicted octanol–water partition coefficient (Wildman–Crippen LogP) is 8.69. The van der Waals surface area contributed by atoms with E-state index < -0.39 is 6.10 Å². The van der Waals surface area contributed by atoms with Crippen molar-refractivity contribution in [2.24, 2.45) is 4.99 Å². The summed E-state index contributed by atoms with van der Waals surface area (Å²) in [6.07, 6.45) is 3.48. The number of Topliss-reactive ketones (excluding diaryl/α,β-unsaturated/α-hetero) is 1. The van der Waals surface area contributed by atoms with E-state index in [1.54, 1.807) is 11.8 Å². The van der Waals surface area contributed by atoms with Gasteiger partial charge in [-0.2, -0.15) is 0 Å². The largest absolute Gasteiger partial charge is 0.484 e. The van der Waals surface area contributed by atoms with E-state index in [0.29, 0.717) is 17.8 Å². The molecule has 1 atom stereocenters. The number of aliphatic imine (C=N–C) groups is 1. The SMILES string of the molecule is CCCCCC(Oc1ccccc1)C(=NCc1ccccc1)C(=O)c1ccc(Sc2ccccc2)cc1.